The summed E-state index contributed by atoms with van der Waals surface area (Å²) in [7, 11) is 0. The number of carbonyl (C=O) groups is 2. The lowest BCUT2D eigenvalue weighted by molar-refractivity contribution is -0.124. The number of ether oxygens (including phenoxy) is 1. The largest absolute Gasteiger partial charge is 0.368 e. The second kappa shape index (κ2) is 8.78. The van der Waals surface area contributed by atoms with Gasteiger partial charge in [-0.05, 0) is 56.2 Å². The number of benzene rings is 1. The number of aryl methyl sites for hydroxylation is 1. The number of rotatable bonds is 5. The van der Waals surface area contributed by atoms with Gasteiger partial charge in [0.05, 0.1) is 6.33 Å². The minimum absolute atomic E-state index is 0.0212. The predicted molar refractivity (Wildman–Crippen MR) is 110 cm³/mol. The van der Waals surface area contributed by atoms with Crippen LogP contribution in [0.2, 0.25) is 0 Å². The van der Waals surface area contributed by atoms with E-state index in [0.29, 0.717) is 23.8 Å². The van der Waals surface area contributed by atoms with E-state index in [1.807, 2.05) is 36.5 Å². The van der Waals surface area contributed by atoms with Gasteiger partial charge in [-0.25, -0.2) is 4.98 Å². The highest BCUT2D eigenvalue weighted by Crippen LogP contribution is 2.24. The number of amides is 2. The molecule has 1 aromatic heterocycles. The average Bonchev–Trinajstić information content (AvgIpc) is 3.43. The fourth-order valence-electron chi connectivity index (χ4n) is 4.16. The van der Waals surface area contributed by atoms with Crippen LogP contribution in [0.3, 0.4) is 0 Å². The van der Waals surface area contributed by atoms with Gasteiger partial charge in [0.15, 0.2) is 0 Å². The lowest BCUT2D eigenvalue weighted by Crippen LogP contribution is -2.41. The van der Waals surface area contributed by atoms with E-state index in [0.717, 1.165) is 50.9 Å². The quantitative estimate of drug-likeness (QED) is 0.843. The van der Waals surface area contributed by atoms with Crippen LogP contribution in [0, 0.1) is 12.8 Å². The van der Waals surface area contributed by atoms with Crippen molar-refractivity contribution in [2.75, 3.05) is 25.0 Å². The summed E-state index contributed by atoms with van der Waals surface area (Å²) in [5.74, 6) is 0.313. The van der Waals surface area contributed by atoms with Gasteiger partial charge >= 0.3 is 0 Å². The number of nitrogens with zero attached hydrogens (tertiary/aromatic N) is 3. The first-order valence-electron chi connectivity index (χ1n) is 10.4. The fourth-order valence-corrected chi connectivity index (χ4v) is 4.16. The van der Waals surface area contributed by atoms with Crippen molar-refractivity contribution in [1.82, 2.24) is 14.5 Å². The van der Waals surface area contributed by atoms with Crippen molar-refractivity contribution in [1.29, 1.82) is 0 Å². The molecule has 0 radical (unpaired) electrons. The van der Waals surface area contributed by atoms with E-state index in [1.54, 1.807) is 12.3 Å². The van der Waals surface area contributed by atoms with Crippen LogP contribution < -0.4 is 5.32 Å². The van der Waals surface area contributed by atoms with Crippen molar-refractivity contribution in [3.05, 3.63) is 48.0 Å². The van der Waals surface area contributed by atoms with Crippen molar-refractivity contribution >= 4 is 17.5 Å². The van der Waals surface area contributed by atoms with Crippen LogP contribution >= 0.6 is 0 Å². The maximum absolute atomic E-state index is 13.1. The number of likely N-dealkylation sites (tertiary alicyclic amines) is 1. The molecular weight excluding hydrogens is 368 g/mol. The molecule has 1 aromatic carbocycles. The smallest absolute Gasteiger partial charge is 0.253 e. The van der Waals surface area contributed by atoms with Gasteiger partial charge in [-0.1, -0.05) is 6.07 Å². The van der Waals surface area contributed by atoms with Crippen LogP contribution in [0.15, 0.2) is 36.9 Å². The Morgan fingerprint density at radius 2 is 2.17 bits per heavy atom. The molecule has 0 spiro atoms. The maximum atomic E-state index is 13.1. The van der Waals surface area contributed by atoms with E-state index >= 15 is 0 Å². The standard InChI is InChI=1S/C22H28N4O3/c1-16-6-7-18(12-19(16)24-21(27)20-5-3-11-29-20)22(28)26-9-2-4-17(14-26)13-25-10-8-23-15-25/h6-8,10,12,15,17,20H,2-5,9,11,13-14H2,1H3,(H,24,27). The Kier molecular flexibility index (Phi) is 5.94. The monoisotopic (exact) mass is 396 g/mol. The molecule has 2 aliphatic heterocycles. The summed E-state index contributed by atoms with van der Waals surface area (Å²) >= 11 is 0. The van der Waals surface area contributed by atoms with Crippen molar-refractivity contribution in [2.45, 2.75) is 45.3 Å². The van der Waals surface area contributed by atoms with Gasteiger partial charge in [0, 0.05) is 49.9 Å². The molecule has 154 valence electrons. The van der Waals surface area contributed by atoms with E-state index < -0.39 is 0 Å². The molecule has 7 nitrogen and oxygen atoms in total. The van der Waals surface area contributed by atoms with Crippen molar-refractivity contribution < 1.29 is 14.3 Å². The van der Waals surface area contributed by atoms with Crippen molar-refractivity contribution in [3.8, 4) is 0 Å². The maximum Gasteiger partial charge on any atom is 0.253 e. The zero-order valence-electron chi connectivity index (χ0n) is 16.8. The summed E-state index contributed by atoms with van der Waals surface area (Å²) in [5.41, 5.74) is 2.23. The molecule has 2 aromatic rings. The number of imidazole rings is 1. The van der Waals surface area contributed by atoms with Crippen LogP contribution in [0.5, 0.6) is 0 Å². The van der Waals surface area contributed by atoms with Gasteiger partial charge in [-0.15, -0.1) is 0 Å². The molecule has 0 bridgehead atoms. The fraction of sp³-hybridized carbons (Fsp3) is 0.500. The van der Waals surface area contributed by atoms with E-state index in [-0.39, 0.29) is 17.9 Å². The highest BCUT2D eigenvalue weighted by atomic mass is 16.5. The average molecular weight is 396 g/mol. The van der Waals surface area contributed by atoms with Gasteiger partial charge in [0.2, 0.25) is 0 Å². The molecule has 2 saturated heterocycles. The van der Waals surface area contributed by atoms with Gasteiger partial charge in [-0.3, -0.25) is 9.59 Å². The zero-order chi connectivity index (χ0) is 20.2. The molecule has 2 unspecified atom stereocenters. The van der Waals surface area contributed by atoms with Gasteiger partial charge in [0.1, 0.15) is 6.10 Å². The van der Waals surface area contributed by atoms with Crippen LogP contribution in [0.1, 0.15) is 41.6 Å². The van der Waals surface area contributed by atoms with Crippen molar-refractivity contribution in [3.63, 3.8) is 0 Å². The molecule has 1 N–H and O–H groups in total. The predicted octanol–water partition coefficient (Wildman–Crippen LogP) is 2.86. The third-order valence-electron chi connectivity index (χ3n) is 5.80. The zero-order valence-corrected chi connectivity index (χ0v) is 16.8. The number of hydrogen-bond donors (Lipinski definition) is 1. The third-order valence-corrected chi connectivity index (χ3v) is 5.80. The molecule has 7 heteroatoms. The highest BCUT2D eigenvalue weighted by molar-refractivity contribution is 5.99. The summed E-state index contributed by atoms with van der Waals surface area (Å²) in [6.07, 6.45) is 8.94. The van der Waals surface area contributed by atoms with Crippen LogP contribution in [0.4, 0.5) is 5.69 Å². The Hall–Kier alpha value is -2.67. The summed E-state index contributed by atoms with van der Waals surface area (Å²) in [6, 6.07) is 5.54. The van der Waals surface area contributed by atoms with Crippen LogP contribution in [0.25, 0.3) is 0 Å². The van der Waals surface area contributed by atoms with Crippen LogP contribution in [-0.4, -0.2) is 52.1 Å². The number of aromatic nitrogens is 2. The van der Waals surface area contributed by atoms with E-state index in [4.69, 9.17) is 4.74 Å². The second-order valence-corrected chi connectivity index (χ2v) is 8.04. The summed E-state index contributed by atoms with van der Waals surface area (Å²) in [6.45, 7) is 4.94. The van der Waals surface area contributed by atoms with Crippen molar-refractivity contribution in [2.24, 2.45) is 5.92 Å². The topological polar surface area (TPSA) is 76.5 Å². The Morgan fingerprint density at radius 3 is 2.93 bits per heavy atom. The second-order valence-electron chi connectivity index (χ2n) is 8.04. The first-order chi connectivity index (χ1) is 14.1. The molecule has 4 rings (SSSR count). The Bertz CT molecular complexity index is 859. The Morgan fingerprint density at radius 1 is 1.28 bits per heavy atom. The number of piperidine rings is 1. The lowest BCUT2D eigenvalue weighted by atomic mass is 9.97. The first-order valence-corrected chi connectivity index (χ1v) is 10.4. The molecule has 2 fully saturated rings. The normalized spacial score (nSPS) is 21.9. The minimum Gasteiger partial charge on any atom is -0.368 e. The molecule has 0 saturated carbocycles. The van der Waals surface area contributed by atoms with Gasteiger partial charge in [-0.2, -0.15) is 0 Å². The van der Waals surface area contributed by atoms with E-state index in [2.05, 4.69) is 14.9 Å². The molecule has 2 aliphatic rings. The molecule has 2 amide bonds. The number of carbonyl (C=O) groups excluding carboxylic acids is 2. The molecule has 29 heavy (non-hydrogen) atoms. The SMILES string of the molecule is Cc1ccc(C(=O)N2CCCC(Cn3ccnc3)C2)cc1NC(=O)C1CCCO1. The minimum atomic E-state index is -0.389. The molecule has 0 aliphatic carbocycles. The number of hydrogen-bond acceptors (Lipinski definition) is 4. The first kappa shape index (κ1) is 19.6. The van der Waals surface area contributed by atoms with Gasteiger partial charge in [0.25, 0.3) is 11.8 Å². The van der Waals surface area contributed by atoms with Gasteiger partial charge < -0.3 is 19.5 Å². The summed E-state index contributed by atoms with van der Waals surface area (Å²) < 4.78 is 7.53. The molecule has 2 atom stereocenters. The Balaban J connectivity index is 1.43. The summed E-state index contributed by atoms with van der Waals surface area (Å²) in [4.78, 5) is 31.6. The number of anilines is 1. The summed E-state index contributed by atoms with van der Waals surface area (Å²) in [5, 5.41) is 2.94. The number of nitrogens with one attached hydrogen (secondary N) is 1. The Labute approximate surface area is 171 Å². The lowest BCUT2D eigenvalue weighted by Gasteiger charge is -2.33. The van der Waals surface area contributed by atoms with E-state index in [9.17, 15) is 9.59 Å². The molecule has 3 heterocycles. The molecular formula is C22H28N4O3. The van der Waals surface area contributed by atoms with Crippen LogP contribution in [-0.2, 0) is 16.1 Å². The van der Waals surface area contributed by atoms with E-state index in [1.165, 1.54) is 0 Å². The third kappa shape index (κ3) is 4.67. The highest BCUT2D eigenvalue weighted by Gasteiger charge is 2.26.